The van der Waals surface area contributed by atoms with Crippen molar-refractivity contribution in [1.29, 1.82) is 0 Å². The molecule has 1 heterocycles. The second kappa shape index (κ2) is 6.97. The number of nitrogens with one attached hydrogen (secondary N) is 1. The fraction of sp³-hybridized carbons (Fsp3) is 0.818. The monoisotopic (exact) mass is 441 g/mol. The Bertz CT molecular complexity index is 773. The van der Waals surface area contributed by atoms with Crippen LogP contribution in [0.1, 0.15) is 53.9 Å². The van der Waals surface area contributed by atoms with Crippen LogP contribution in [0.25, 0.3) is 0 Å². The summed E-state index contributed by atoms with van der Waals surface area (Å²) in [4.78, 5) is 13.7. The van der Waals surface area contributed by atoms with Crippen LogP contribution in [0, 0.1) is 16.7 Å². The van der Waals surface area contributed by atoms with Crippen LogP contribution in [0.4, 0.5) is 0 Å². The van der Waals surface area contributed by atoms with E-state index in [1.165, 1.54) is 6.08 Å². The molecule has 2 aliphatic carbocycles. The molecule has 4 N–H and O–H groups in total. The van der Waals surface area contributed by atoms with E-state index in [4.69, 9.17) is 21.7 Å². The molecule has 8 atom stereocenters. The van der Waals surface area contributed by atoms with Crippen LogP contribution in [-0.4, -0.2) is 68.4 Å². The first-order valence-electron chi connectivity index (χ1n) is 10.5. The SMILES string of the molecule is C=C[C@@]1(C)CC(=O)[C@]2(O)[C@@]3(C)[C@@H](O)CCC(C)(C)[C@@H]3[C@H](O)[C@H](OC(=S)NC)[C@@]2(C)O1. The van der Waals surface area contributed by atoms with Gasteiger partial charge in [0, 0.05) is 24.8 Å². The van der Waals surface area contributed by atoms with E-state index >= 15 is 0 Å². The number of rotatable bonds is 2. The molecule has 3 aliphatic rings. The van der Waals surface area contributed by atoms with E-state index in [1.807, 2.05) is 13.8 Å². The van der Waals surface area contributed by atoms with Crippen LogP contribution in [0.3, 0.4) is 0 Å². The third-order valence-electron chi connectivity index (χ3n) is 8.17. The van der Waals surface area contributed by atoms with Gasteiger partial charge in [0.25, 0.3) is 5.17 Å². The van der Waals surface area contributed by atoms with E-state index < -0.39 is 57.6 Å². The number of fused-ring (bicyclic) bond motifs is 3. The van der Waals surface area contributed by atoms with Crippen molar-refractivity contribution >= 4 is 23.2 Å². The van der Waals surface area contributed by atoms with E-state index in [1.54, 1.807) is 27.8 Å². The number of Topliss-reactive ketones (excluding diaryl/α,β-unsaturated/α-hetero) is 1. The third kappa shape index (κ3) is 2.77. The van der Waals surface area contributed by atoms with E-state index in [0.717, 1.165) is 0 Å². The Kier molecular flexibility index (Phi) is 5.48. The molecule has 0 amide bonds. The van der Waals surface area contributed by atoms with Crippen LogP contribution in [0.2, 0.25) is 0 Å². The zero-order chi connectivity index (χ0) is 22.9. The Morgan fingerprint density at radius 2 is 1.90 bits per heavy atom. The average Bonchev–Trinajstić information content (AvgIpc) is 2.65. The first kappa shape index (κ1) is 23.6. The molecule has 1 aliphatic heterocycles. The third-order valence-corrected chi connectivity index (χ3v) is 8.47. The molecule has 3 rings (SSSR count). The highest BCUT2D eigenvalue weighted by atomic mass is 32.1. The van der Waals surface area contributed by atoms with Crippen molar-refractivity contribution < 1.29 is 29.6 Å². The van der Waals surface area contributed by atoms with E-state index in [0.29, 0.717) is 12.8 Å². The number of hydrogen-bond donors (Lipinski definition) is 4. The van der Waals surface area contributed by atoms with Crippen molar-refractivity contribution in [3.8, 4) is 0 Å². The van der Waals surface area contributed by atoms with Gasteiger partial charge in [0.05, 0.1) is 17.8 Å². The van der Waals surface area contributed by atoms with Crippen LogP contribution in [0.5, 0.6) is 0 Å². The van der Waals surface area contributed by atoms with Gasteiger partial charge in [-0.1, -0.05) is 26.8 Å². The molecule has 0 radical (unpaired) electrons. The maximum Gasteiger partial charge on any atom is 0.256 e. The highest BCUT2D eigenvalue weighted by Crippen LogP contribution is 2.66. The Labute approximate surface area is 183 Å². The first-order chi connectivity index (χ1) is 13.6. The van der Waals surface area contributed by atoms with Gasteiger partial charge >= 0.3 is 0 Å². The molecule has 170 valence electrons. The number of aliphatic hydroxyl groups is 3. The summed E-state index contributed by atoms with van der Waals surface area (Å²) in [6, 6.07) is 0. The molecular formula is C22H35NO6S. The van der Waals surface area contributed by atoms with Crippen molar-refractivity contribution in [3.05, 3.63) is 12.7 Å². The number of hydrogen-bond acceptors (Lipinski definition) is 7. The molecule has 30 heavy (non-hydrogen) atoms. The maximum absolute atomic E-state index is 13.7. The Hall–Kier alpha value is -1.06. The molecule has 0 spiro atoms. The standard InChI is InChI=1S/C22H35NO6S/c1-8-19(4)11-13(25)22(27)20(5)12(24)9-10-18(2,3)15(20)14(26)16(21(22,6)29-19)28-17(30)23-7/h8,12,14-16,24,26-27H,1,9-11H2,2-7H3,(H,23,30)/t12-,14-,15-,16-,19-,20-,21+,22-/m0/s1. The molecular weight excluding hydrogens is 406 g/mol. The maximum atomic E-state index is 13.7. The van der Waals surface area contributed by atoms with Crippen LogP contribution in [-0.2, 0) is 14.3 Å². The summed E-state index contributed by atoms with van der Waals surface area (Å²) < 4.78 is 12.3. The predicted octanol–water partition coefficient (Wildman–Crippen LogP) is 1.48. The second-order valence-corrected chi connectivity index (χ2v) is 10.8. The molecule has 8 heteroatoms. The topological polar surface area (TPSA) is 108 Å². The van der Waals surface area contributed by atoms with Crippen LogP contribution < -0.4 is 5.32 Å². The molecule has 0 unspecified atom stereocenters. The number of carbonyl (C=O) groups excluding carboxylic acids is 1. The van der Waals surface area contributed by atoms with Gasteiger partial charge in [-0.25, -0.2) is 0 Å². The van der Waals surface area contributed by atoms with Crippen LogP contribution >= 0.6 is 12.2 Å². The molecule has 3 fully saturated rings. The number of carbonyl (C=O) groups is 1. The molecule has 7 nitrogen and oxygen atoms in total. The summed E-state index contributed by atoms with van der Waals surface area (Å²) in [5.41, 5.74) is -6.71. The minimum absolute atomic E-state index is 0.0160. The first-order valence-corrected chi connectivity index (χ1v) is 10.9. The minimum atomic E-state index is -2.11. The van der Waals surface area contributed by atoms with Crippen molar-refractivity contribution in [2.75, 3.05) is 7.05 Å². The zero-order valence-corrected chi connectivity index (χ0v) is 19.5. The normalized spacial score (nSPS) is 50.1. The van der Waals surface area contributed by atoms with Gasteiger partial charge in [0.15, 0.2) is 17.5 Å². The highest BCUT2D eigenvalue weighted by molar-refractivity contribution is 7.80. The number of thiocarbonyl (C=S) groups is 1. The van der Waals surface area contributed by atoms with E-state index in [-0.39, 0.29) is 11.6 Å². The summed E-state index contributed by atoms with van der Waals surface area (Å²) in [6.45, 7) is 12.7. The summed E-state index contributed by atoms with van der Waals surface area (Å²) >= 11 is 5.20. The lowest BCUT2D eigenvalue weighted by Crippen LogP contribution is -2.86. The average molecular weight is 442 g/mol. The Morgan fingerprint density at radius 1 is 1.30 bits per heavy atom. The fourth-order valence-corrected chi connectivity index (χ4v) is 6.76. The van der Waals surface area contributed by atoms with Crippen molar-refractivity contribution in [3.63, 3.8) is 0 Å². The molecule has 2 saturated carbocycles. The molecule has 0 aromatic heterocycles. The Morgan fingerprint density at radius 3 is 2.43 bits per heavy atom. The van der Waals surface area contributed by atoms with Gasteiger partial charge in [0.2, 0.25) is 0 Å². The lowest BCUT2D eigenvalue weighted by Gasteiger charge is -2.71. The largest absolute Gasteiger partial charge is 0.462 e. The predicted molar refractivity (Wildman–Crippen MR) is 116 cm³/mol. The van der Waals surface area contributed by atoms with Gasteiger partial charge in [-0.3, -0.25) is 4.79 Å². The minimum Gasteiger partial charge on any atom is -0.462 e. The second-order valence-electron chi connectivity index (χ2n) is 10.4. The lowest BCUT2D eigenvalue weighted by molar-refractivity contribution is -0.367. The lowest BCUT2D eigenvalue weighted by atomic mass is 9.40. The highest BCUT2D eigenvalue weighted by Gasteiger charge is 2.81. The van der Waals surface area contributed by atoms with E-state index in [9.17, 15) is 20.1 Å². The van der Waals surface area contributed by atoms with Gasteiger partial charge < -0.3 is 30.1 Å². The van der Waals surface area contributed by atoms with Crippen molar-refractivity contribution in [2.24, 2.45) is 16.7 Å². The quantitative estimate of drug-likeness (QED) is 0.377. The van der Waals surface area contributed by atoms with Gasteiger partial charge in [0.1, 0.15) is 5.60 Å². The summed E-state index contributed by atoms with van der Waals surface area (Å²) in [6.07, 6.45) is -0.862. The van der Waals surface area contributed by atoms with Gasteiger partial charge in [-0.05, 0) is 44.3 Å². The number of ketones is 1. The summed E-state index contributed by atoms with van der Waals surface area (Å²) in [5, 5.41) is 37.8. The summed E-state index contributed by atoms with van der Waals surface area (Å²) in [5.74, 6) is -1.10. The number of aliphatic hydroxyl groups excluding tert-OH is 2. The van der Waals surface area contributed by atoms with Gasteiger partial charge in [-0.2, -0.15) is 0 Å². The van der Waals surface area contributed by atoms with Crippen molar-refractivity contribution in [1.82, 2.24) is 5.32 Å². The Balaban J connectivity index is 2.31. The van der Waals surface area contributed by atoms with Crippen molar-refractivity contribution in [2.45, 2.75) is 89.0 Å². The molecule has 1 saturated heterocycles. The summed E-state index contributed by atoms with van der Waals surface area (Å²) in [7, 11) is 1.59. The molecule has 0 aromatic rings. The van der Waals surface area contributed by atoms with Crippen LogP contribution in [0.15, 0.2) is 12.7 Å². The molecule has 0 aromatic carbocycles. The zero-order valence-electron chi connectivity index (χ0n) is 18.7. The van der Waals surface area contributed by atoms with E-state index in [2.05, 4.69) is 11.9 Å². The van der Waals surface area contributed by atoms with Gasteiger partial charge in [-0.15, -0.1) is 6.58 Å². The fourth-order valence-electron chi connectivity index (χ4n) is 6.65. The number of ether oxygens (including phenoxy) is 2. The molecule has 0 bridgehead atoms. The smallest absolute Gasteiger partial charge is 0.256 e.